The van der Waals surface area contributed by atoms with Gasteiger partial charge in [0.2, 0.25) is 0 Å². The van der Waals surface area contributed by atoms with Gasteiger partial charge >= 0.3 is 11.9 Å². The molecule has 202 valence electrons. The quantitative estimate of drug-likeness (QED) is 0.0904. The monoisotopic (exact) mass is 769 g/mol. The summed E-state index contributed by atoms with van der Waals surface area (Å²) < 4.78 is 18.2. The molecule has 0 atom stereocenters. The van der Waals surface area contributed by atoms with Crippen LogP contribution in [0, 0.1) is 25.4 Å². The minimum absolute atomic E-state index is 0.101. The van der Waals surface area contributed by atoms with Crippen molar-refractivity contribution in [1.29, 1.82) is 5.26 Å². The standard InChI is InChI=1S/C29H25I2NO6S/c1-4-36-28(34)25-17(3)27(29(35)37-5-2)39-24(25)14-23(33)20(15-32)11-19-12-21(30)13-22(31)26(19)38-16-18-9-7-6-8-10-18/h6-13H,4-5,14,16H2,1-3H3/b20-11+. The van der Waals surface area contributed by atoms with Gasteiger partial charge in [-0.3, -0.25) is 4.79 Å². The molecule has 0 spiro atoms. The molecule has 39 heavy (non-hydrogen) atoms. The number of carbonyl (C=O) groups excluding carboxylic acids is 3. The van der Waals surface area contributed by atoms with Gasteiger partial charge in [-0.25, -0.2) is 9.59 Å². The van der Waals surface area contributed by atoms with Crippen LogP contribution in [-0.2, 0) is 27.3 Å². The van der Waals surface area contributed by atoms with E-state index in [1.165, 1.54) is 6.08 Å². The zero-order valence-corrected chi connectivity index (χ0v) is 26.6. The number of Topliss-reactive ketones (excluding diaryl/α,β-unsaturated/α-hetero) is 1. The fourth-order valence-electron chi connectivity index (χ4n) is 3.70. The Kier molecular flexibility index (Phi) is 11.5. The zero-order valence-electron chi connectivity index (χ0n) is 21.5. The van der Waals surface area contributed by atoms with Crippen molar-refractivity contribution >= 4 is 80.3 Å². The predicted octanol–water partition coefficient (Wildman–Crippen LogP) is 6.92. The second-order valence-electron chi connectivity index (χ2n) is 8.15. The number of halogens is 2. The van der Waals surface area contributed by atoms with Crippen LogP contribution in [0.15, 0.2) is 48.0 Å². The number of hydrogen-bond acceptors (Lipinski definition) is 8. The average Bonchev–Trinajstić information content (AvgIpc) is 3.22. The van der Waals surface area contributed by atoms with Crippen molar-refractivity contribution in [3.63, 3.8) is 0 Å². The molecule has 0 saturated carbocycles. The van der Waals surface area contributed by atoms with Gasteiger partial charge in [0.05, 0.1) is 27.9 Å². The summed E-state index contributed by atoms with van der Waals surface area (Å²) in [6.45, 7) is 5.61. The third-order valence-electron chi connectivity index (χ3n) is 5.46. The fraction of sp³-hybridized carbons (Fsp3) is 0.241. The first-order valence-corrected chi connectivity index (χ1v) is 14.9. The van der Waals surface area contributed by atoms with Crippen LogP contribution in [0.4, 0.5) is 0 Å². The smallest absolute Gasteiger partial charge is 0.348 e. The molecule has 7 nitrogen and oxygen atoms in total. The number of allylic oxidation sites excluding steroid dienone is 1. The Morgan fingerprint density at radius 3 is 2.33 bits per heavy atom. The molecule has 0 radical (unpaired) electrons. The van der Waals surface area contributed by atoms with Crippen LogP contribution >= 0.6 is 56.5 Å². The molecule has 3 aromatic rings. The number of ether oxygens (including phenoxy) is 3. The predicted molar refractivity (Wildman–Crippen MR) is 166 cm³/mol. The summed E-state index contributed by atoms with van der Waals surface area (Å²) in [6, 6.07) is 15.5. The number of esters is 2. The summed E-state index contributed by atoms with van der Waals surface area (Å²) in [6.07, 6.45) is 1.25. The van der Waals surface area contributed by atoms with Crippen molar-refractivity contribution in [3.8, 4) is 11.8 Å². The van der Waals surface area contributed by atoms with Crippen molar-refractivity contribution in [2.75, 3.05) is 13.2 Å². The van der Waals surface area contributed by atoms with Gasteiger partial charge in [-0.15, -0.1) is 11.3 Å². The molecular formula is C29H25I2NO6S. The number of nitrogens with zero attached hydrogens (tertiary/aromatic N) is 1. The molecule has 0 amide bonds. The lowest BCUT2D eigenvalue weighted by Gasteiger charge is -2.13. The second kappa shape index (κ2) is 14.6. The first-order valence-electron chi connectivity index (χ1n) is 12.0. The maximum absolute atomic E-state index is 13.4. The molecule has 1 aromatic heterocycles. The number of nitriles is 1. The summed E-state index contributed by atoms with van der Waals surface area (Å²) in [7, 11) is 0. The molecule has 3 rings (SSSR count). The number of carbonyl (C=O) groups is 3. The van der Waals surface area contributed by atoms with Gasteiger partial charge in [0.15, 0.2) is 5.78 Å². The molecule has 10 heteroatoms. The average molecular weight is 769 g/mol. The highest BCUT2D eigenvalue weighted by atomic mass is 127. The number of rotatable bonds is 11. The first-order chi connectivity index (χ1) is 18.7. The summed E-state index contributed by atoms with van der Waals surface area (Å²) in [5.74, 6) is -1.14. The van der Waals surface area contributed by atoms with E-state index in [1.54, 1.807) is 20.8 Å². The fourth-order valence-corrected chi connectivity index (χ4v) is 6.93. The van der Waals surface area contributed by atoms with E-state index in [0.29, 0.717) is 28.4 Å². The van der Waals surface area contributed by atoms with Gasteiger partial charge < -0.3 is 14.2 Å². The Morgan fingerprint density at radius 2 is 1.69 bits per heavy atom. The third-order valence-corrected chi connectivity index (χ3v) is 8.16. The highest BCUT2D eigenvalue weighted by Gasteiger charge is 2.28. The van der Waals surface area contributed by atoms with E-state index in [2.05, 4.69) is 45.2 Å². The van der Waals surface area contributed by atoms with Crippen LogP contribution in [0.5, 0.6) is 5.75 Å². The molecule has 0 bridgehead atoms. The summed E-state index contributed by atoms with van der Waals surface area (Å²) in [5, 5.41) is 9.91. The van der Waals surface area contributed by atoms with E-state index >= 15 is 0 Å². The number of hydrogen-bond donors (Lipinski definition) is 0. The maximum atomic E-state index is 13.4. The van der Waals surface area contributed by atoms with Crippen molar-refractivity contribution in [2.24, 2.45) is 0 Å². The van der Waals surface area contributed by atoms with E-state index in [1.807, 2.05) is 48.5 Å². The van der Waals surface area contributed by atoms with E-state index in [0.717, 1.165) is 24.0 Å². The first kappa shape index (κ1) is 30.8. The largest absolute Gasteiger partial charge is 0.487 e. The summed E-state index contributed by atoms with van der Waals surface area (Å²) in [4.78, 5) is 39.1. The Morgan fingerprint density at radius 1 is 1.03 bits per heavy atom. The Bertz CT molecular complexity index is 1460. The van der Waals surface area contributed by atoms with Gasteiger partial charge in [-0.1, -0.05) is 30.3 Å². The molecule has 0 unspecified atom stereocenters. The molecule has 0 aliphatic carbocycles. The molecule has 0 saturated heterocycles. The molecule has 0 N–H and O–H groups in total. The molecule has 0 aliphatic rings. The lowest BCUT2D eigenvalue weighted by molar-refractivity contribution is -0.114. The summed E-state index contributed by atoms with van der Waals surface area (Å²) >= 11 is 5.34. The van der Waals surface area contributed by atoms with Gasteiger partial charge in [0, 0.05) is 20.4 Å². The Balaban J connectivity index is 1.97. The Hall–Kier alpha value is -2.76. The van der Waals surface area contributed by atoms with Crippen molar-refractivity contribution < 1.29 is 28.6 Å². The van der Waals surface area contributed by atoms with Crippen LogP contribution in [-0.4, -0.2) is 30.9 Å². The van der Waals surface area contributed by atoms with Gasteiger partial charge in [0.1, 0.15) is 23.3 Å². The molecule has 0 fully saturated rings. The van der Waals surface area contributed by atoms with Crippen molar-refractivity contribution in [3.05, 3.63) is 87.2 Å². The van der Waals surface area contributed by atoms with E-state index in [-0.39, 0.29) is 35.6 Å². The van der Waals surface area contributed by atoms with Crippen molar-refractivity contribution in [1.82, 2.24) is 0 Å². The summed E-state index contributed by atoms with van der Waals surface area (Å²) in [5.41, 5.74) is 2.02. The highest BCUT2D eigenvalue weighted by Crippen LogP contribution is 2.33. The SMILES string of the molecule is CCOC(=O)c1sc(CC(=O)/C(C#N)=C/c2cc(I)cc(I)c2OCc2ccccc2)c(C(=O)OCC)c1C. The van der Waals surface area contributed by atoms with Crippen LogP contribution in [0.3, 0.4) is 0 Å². The zero-order chi connectivity index (χ0) is 28.5. The number of benzene rings is 2. The lowest BCUT2D eigenvalue weighted by Crippen LogP contribution is -2.12. The molecule has 2 aromatic carbocycles. The molecule has 1 heterocycles. The number of thiophene rings is 1. The molecule has 0 aliphatic heterocycles. The van der Waals surface area contributed by atoms with Crippen molar-refractivity contribution in [2.45, 2.75) is 33.8 Å². The lowest BCUT2D eigenvalue weighted by atomic mass is 10.0. The maximum Gasteiger partial charge on any atom is 0.348 e. The van der Waals surface area contributed by atoms with Crippen LogP contribution < -0.4 is 4.74 Å². The minimum Gasteiger partial charge on any atom is -0.487 e. The van der Waals surface area contributed by atoms with Crippen LogP contribution in [0.1, 0.15) is 55.4 Å². The topological polar surface area (TPSA) is 103 Å². The minimum atomic E-state index is -0.629. The van der Waals surface area contributed by atoms with Gasteiger partial charge in [-0.05, 0) is 95.3 Å². The van der Waals surface area contributed by atoms with Gasteiger partial charge in [-0.2, -0.15) is 5.26 Å². The normalized spacial score (nSPS) is 11.0. The second-order valence-corrected chi connectivity index (χ2v) is 11.7. The molecular weight excluding hydrogens is 744 g/mol. The Labute approximate surface area is 258 Å². The third kappa shape index (κ3) is 7.89. The van der Waals surface area contributed by atoms with E-state index in [4.69, 9.17) is 14.2 Å². The van der Waals surface area contributed by atoms with E-state index < -0.39 is 17.7 Å². The van der Waals surface area contributed by atoms with Gasteiger partial charge in [0.25, 0.3) is 0 Å². The number of ketones is 1. The van der Waals surface area contributed by atoms with Crippen LogP contribution in [0.25, 0.3) is 6.08 Å². The van der Waals surface area contributed by atoms with E-state index in [9.17, 15) is 19.6 Å². The van der Waals surface area contributed by atoms with Crippen LogP contribution in [0.2, 0.25) is 0 Å². The highest BCUT2D eigenvalue weighted by molar-refractivity contribution is 14.1.